The minimum absolute atomic E-state index is 0. The summed E-state index contributed by atoms with van der Waals surface area (Å²) in [7, 11) is 0. The van der Waals surface area contributed by atoms with Crippen LogP contribution in [-0.4, -0.2) is 72.3 Å². The summed E-state index contributed by atoms with van der Waals surface area (Å²) in [6, 6.07) is 2.90. The maximum absolute atomic E-state index is 10.6. The fourth-order valence-electron chi connectivity index (χ4n) is 1.04. The molecular weight excluding hydrogens is 247 g/mol. The van der Waals surface area contributed by atoms with Gasteiger partial charge in [0.25, 0.3) is 0 Å². The van der Waals surface area contributed by atoms with Gasteiger partial charge in [0, 0.05) is 57.5 Å². The molecule has 0 heterocycles. The van der Waals surface area contributed by atoms with Crippen molar-refractivity contribution in [2.75, 3.05) is 0 Å². The number of rotatable bonds is 3. The molecule has 0 aliphatic heterocycles. The number of carboxylic acids is 1. The second-order valence-corrected chi connectivity index (χ2v) is 2.49. The van der Waals surface area contributed by atoms with Crippen LogP contribution in [0.15, 0.2) is 18.2 Å². The number of carboxylic acid groups (broad SMARTS) is 1. The number of benzene rings is 1. The van der Waals surface area contributed by atoms with Crippen LogP contribution in [0.3, 0.4) is 0 Å². The molecule has 1 rings (SSSR count). The third-order valence-electron chi connectivity index (χ3n) is 1.62. The van der Waals surface area contributed by atoms with E-state index in [0.717, 1.165) is 18.2 Å². The molecule has 0 saturated heterocycles. The summed E-state index contributed by atoms with van der Waals surface area (Å²) in [5.41, 5.74) is -2.54. The third-order valence-corrected chi connectivity index (χ3v) is 1.62. The first-order valence-corrected chi connectivity index (χ1v) is 3.60. The minimum Gasteiger partial charge on any atom is -0.477 e. The zero-order valence-corrected chi connectivity index (χ0v) is 11.2. The van der Waals surface area contributed by atoms with Gasteiger partial charge in [0.05, 0.1) is 9.85 Å². The first kappa shape index (κ1) is 15.1. The van der Waals surface area contributed by atoms with Gasteiger partial charge in [-0.05, 0) is 6.07 Å². The number of hydrogen-bond acceptors (Lipinski definition) is 5. The van der Waals surface area contributed by atoms with E-state index in [1.165, 1.54) is 0 Å². The van der Waals surface area contributed by atoms with E-state index in [1.54, 1.807) is 0 Å². The van der Waals surface area contributed by atoms with E-state index in [0.29, 0.717) is 0 Å². The fourth-order valence-corrected chi connectivity index (χ4v) is 1.04. The number of carbonyl (C=O) groups is 1. The maximum Gasteiger partial charge on any atom is 0.360 e. The standard InChI is InChI=1S/C7H4N2O6.K/c10-7(11)4-2-1-3-5(8(12)13)6(4)9(14)15;/h1-3H,(H,10,11);. The molecule has 79 valence electrons. The molecule has 0 spiro atoms. The van der Waals surface area contributed by atoms with E-state index in [4.69, 9.17) is 5.11 Å². The zero-order valence-electron chi connectivity index (χ0n) is 8.11. The Morgan fingerprint density at radius 3 is 2.12 bits per heavy atom. The van der Waals surface area contributed by atoms with Gasteiger partial charge in [0.2, 0.25) is 0 Å². The molecule has 16 heavy (non-hydrogen) atoms. The SMILES string of the molecule is O=C(O)c1cccc([N+](=O)[O-])c1[N+](=O)[O-].[K]. The number of aromatic carboxylic acids is 1. The van der Waals surface area contributed by atoms with E-state index in [1.807, 2.05) is 0 Å². The molecule has 0 saturated carbocycles. The van der Waals surface area contributed by atoms with Gasteiger partial charge in [-0.2, -0.15) is 0 Å². The monoisotopic (exact) mass is 251 g/mol. The van der Waals surface area contributed by atoms with Gasteiger partial charge in [-0.15, -0.1) is 0 Å². The van der Waals surface area contributed by atoms with Crippen LogP contribution in [0.4, 0.5) is 11.4 Å². The first-order chi connectivity index (χ1) is 6.95. The molecule has 0 fully saturated rings. The number of nitro groups is 2. The van der Waals surface area contributed by atoms with E-state index in [-0.39, 0.29) is 51.4 Å². The maximum atomic E-state index is 10.6. The Morgan fingerprint density at radius 2 is 1.75 bits per heavy atom. The van der Waals surface area contributed by atoms with Crippen LogP contribution in [0.5, 0.6) is 0 Å². The average molecular weight is 251 g/mol. The predicted octanol–water partition coefficient (Wildman–Crippen LogP) is 0.820. The first-order valence-electron chi connectivity index (χ1n) is 3.60. The molecule has 1 aromatic carbocycles. The van der Waals surface area contributed by atoms with Crippen molar-refractivity contribution >= 4 is 68.7 Å². The Morgan fingerprint density at radius 1 is 1.19 bits per heavy atom. The fraction of sp³-hybridized carbons (Fsp3) is 0. The van der Waals surface area contributed by atoms with Crippen molar-refractivity contribution in [3.8, 4) is 0 Å². The molecule has 0 unspecified atom stereocenters. The molecule has 0 bridgehead atoms. The van der Waals surface area contributed by atoms with Crippen LogP contribution in [0.25, 0.3) is 0 Å². The van der Waals surface area contributed by atoms with Crippen molar-refractivity contribution in [2.45, 2.75) is 0 Å². The second kappa shape index (κ2) is 6.01. The van der Waals surface area contributed by atoms with Gasteiger partial charge < -0.3 is 5.11 Å². The van der Waals surface area contributed by atoms with Crippen LogP contribution >= 0.6 is 0 Å². The van der Waals surface area contributed by atoms with Crippen molar-refractivity contribution < 1.29 is 19.7 Å². The molecule has 0 amide bonds. The Bertz CT molecular complexity index is 428. The molecule has 9 heteroatoms. The Labute approximate surface area is 131 Å². The van der Waals surface area contributed by atoms with Gasteiger partial charge in [0.1, 0.15) is 5.56 Å². The number of hydrogen-bond donors (Lipinski definition) is 1. The predicted molar refractivity (Wildman–Crippen MR) is 52.5 cm³/mol. The summed E-state index contributed by atoms with van der Waals surface area (Å²) in [5.74, 6) is -1.58. The second-order valence-electron chi connectivity index (χ2n) is 2.49. The third kappa shape index (κ3) is 3.06. The molecule has 1 aromatic rings. The molecular formula is C7H4KN2O6. The number of nitrogens with zero attached hydrogens (tertiary/aromatic N) is 2. The van der Waals surface area contributed by atoms with E-state index >= 15 is 0 Å². The molecule has 1 N–H and O–H groups in total. The summed E-state index contributed by atoms with van der Waals surface area (Å²) >= 11 is 0. The van der Waals surface area contributed by atoms with E-state index in [2.05, 4.69) is 0 Å². The van der Waals surface area contributed by atoms with Gasteiger partial charge >= 0.3 is 17.3 Å². The van der Waals surface area contributed by atoms with Gasteiger partial charge in [-0.3, -0.25) is 20.2 Å². The molecule has 0 aliphatic rings. The Balaban J connectivity index is 0.00000225. The number of para-hydroxylation sites is 1. The van der Waals surface area contributed by atoms with Crippen LogP contribution in [0.1, 0.15) is 10.4 Å². The van der Waals surface area contributed by atoms with Crippen LogP contribution in [0, 0.1) is 20.2 Å². The van der Waals surface area contributed by atoms with Gasteiger partial charge in [-0.25, -0.2) is 4.79 Å². The zero-order chi connectivity index (χ0) is 11.6. The topological polar surface area (TPSA) is 124 Å². The van der Waals surface area contributed by atoms with Crippen LogP contribution in [0.2, 0.25) is 0 Å². The number of nitro benzene ring substituents is 2. The van der Waals surface area contributed by atoms with Gasteiger partial charge in [0.15, 0.2) is 0 Å². The summed E-state index contributed by atoms with van der Waals surface area (Å²) in [6.07, 6.45) is 0. The summed E-state index contributed by atoms with van der Waals surface area (Å²) in [4.78, 5) is 29.4. The molecule has 1 radical (unpaired) electrons. The van der Waals surface area contributed by atoms with Crippen LogP contribution in [-0.2, 0) is 0 Å². The molecule has 0 aromatic heterocycles. The Hall–Kier alpha value is -0.874. The summed E-state index contributed by atoms with van der Waals surface area (Å²) < 4.78 is 0. The average Bonchev–Trinajstić information content (AvgIpc) is 2.16. The summed E-state index contributed by atoms with van der Waals surface area (Å²) in [6.45, 7) is 0. The van der Waals surface area contributed by atoms with Crippen molar-refractivity contribution in [3.63, 3.8) is 0 Å². The molecule has 0 atom stereocenters. The van der Waals surface area contributed by atoms with Crippen molar-refractivity contribution in [1.29, 1.82) is 0 Å². The largest absolute Gasteiger partial charge is 0.477 e. The summed E-state index contributed by atoms with van der Waals surface area (Å²) in [5, 5.41) is 29.5. The quantitative estimate of drug-likeness (QED) is 0.481. The van der Waals surface area contributed by atoms with E-state index in [9.17, 15) is 25.0 Å². The normalized spacial score (nSPS) is 9.00. The van der Waals surface area contributed by atoms with Gasteiger partial charge in [-0.1, -0.05) is 6.07 Å². The van der Waals surface area contributed by atoms with Crippen molar-refractivity contribution in [1.82, 2.24) is 0 Å². The van der Waals surface area contributed by atoms with E-state index < -0.39 is 32.8 Å². The Kier molecular flexibility index (Phi) is 5.68. The smallest absolute Gasteiger partial charge is 0.360 e. The van der Waals surface area contributed by atoms with Crippen molar-refractivity contribution in [3.05, 3.63) is 44.0 Å². The van der Waals surface area contributed by atoms with Crippen molar-refractivity contribution in [2.24, 2.45) is 0 Å². The molecule has 0 aliphatic carbocycles. The van der Waals surface area contributed by atoms with Crippen LogP contribution < -0.4 is 0 Å². The minimum atomic E-state index is -1.58. The molecule has 8 nitrogen and oxygen atoms in total.